The van der Waals surface area contributed by atoms with Crippen molar-refractivity contribution in [3.63, 3.8) is 0 Å². The van der Waals surface area contributed by atoms with Crippen molar-refractivity contribution in [2.45, 2.75) is 6.43 Å². The summed E-state index contributed by atoms with van der Waals surface area (Å²) in [5, 5.41) is 4.19. The third-order valence-electron chi connectivity index (χ3n) is 2.26. The summed E-state index contributed by atoms with van der Waals surface area (Å²) in [5.41, 5.74) is 0. The van der Waals surface area contributed by atoms with Crippen LogP contribution in [0.4, 0.5) is 13.8 Å². The van der Waals surface area contributed by atoms with E-state index in [2.05, 4.69) is 10.2 Å². The molecule has 0 unspecified atom stereocenters. The third kappa shape index (κ3) is 3.03. The molecular weight excluding hydrogens is 242 g/mol. The number of hydrogen-bond donors (Lipinski definition) is 1. The number of anilines is 1. The molecule has 0 spiro atoms. The van der Waals surface area contributed by atoms with Crippen LogP contribution in [0.3, 0.4) is 0 Å². The summed E-state index contributed by atoms with van der Waals surface area (Å²) < 4.78 is 24.7. The predicted octanol–water partition coefficient (Wildman–Crippen LogP) is 2.52. The van der Waals surface area contributed by atoms with Gasteiger partial charge in [0.15, 0.2) is 0 Å². The van der Waals surface area contributed by atoms with Gasteiger partial charge in [-0.3, -0.25) is 0 Å². The molecule has 0 atom stereocenters. The lowest BCUT2D eigenvalue weighted by Crippen LogP contribution is -2.43. The van der Waals surface area contributed by atoms with Gasteiger partial charge in [-0.15, -0.1) is 23.7 Å². The predicted molar refractivity (Wildman–Crippen MR) is 61.6 cm³/mol. The largest absolute Gasteiger partial charge is 0.361 e. The summed E-state index contributed by atoms with van der Waals surface area (Å²) in [7, 11) is 0. The Kier molecular flexibility index (Phi) is 4.76. The molecule has 6 heteroatoms. The maximum Gasteiger partial charge on any atom is 0.272 e. The fourth-order valence-corrected chi connectivity index (χ4v) is 2.43. The molecule has 1 aromatic heterocycles. The minimum absolute atomic E-state index is 0. The van der Waals surface area contributed by atoms with Crippen LogP contribution in [0, 0.1) is 0 Å². The van der Waals surface area contributed by atoms with Gasteiger partial charge in [0, 0.05) is 26.2 Å². The molecule has 1 N–H and O–H groups in total. The SMILES string of the molecule is Cl.FC(F)c1ccc(N2CCNCC2)s1. The minimum atomic E-state index is -2.34. The highest BCUT2D eigenvalue weighted by Gasteiger charge is 2.15. The topological polar surface area (TPSA) is 15.3 Å². The summed E-state index contributed by atoms with van der Waals surface area (Å²) >= 11 is 1.20. The first-order valence-corrected chi connectivity index (χ1v) is 5.42. The molecule has 1 aromatic rings. The van der Waals surface area contributed by atoms with E-state index in [0.29, 0.717) is 0 Å². The average molecular weight is 255 g/mol. The van der Waals surface area contributed by atoms with Gasteiger partial charge in [0.2, 0.25) is 0 Å². The highest BCUT2D eigenvalue weighted by atomic mass is 35.5. The number of rotatable bonds is 2. The van der Waals surface area contributed by atoms with Gasteiger partial charge >= 0.3 is 0 Å². The van der Waals surface area contributed by atoms with Crippen LogP contribution in [0.1, 0.15) is 11.3 Å². The normalized spacial score (nSPS) is 16.6. The lowest BCUT2D eigenvalue weighted by atomic mass is 10.4. The maximum absolute atomic E-state index is 12.3. The molecule has 0 bridgehead atoms. The van der Waals surface area contributed by atoms with E-state index in [1.807, 2.05) is 0 Å². The molecular formula is C9H13ClF2N2S. The number of thiophene rings is 1. The molecule has 2 rings (SSSR count). The van der Waals surface area contributed by atoms with Crippen molar-refractivity contribution in [2.75, 3.05) is 31.1 Å². The van der Waals surface area contributed by atoms with Gasteiger partial charge in [-0.2, -0.15) is 0 Å². The quantitative estimate of drug-likeness (QED) is 0.873. The Bertz CT molecular complexity index is 300. The fourth-order valence-electron chi connectivity index (χ4n) is 1.51. The lowest BCUT2D eigenvalue weighted by Gasteiger charge is -2.27. The molecule has 1 aliphatic rings. The van der Waals surface area contributed by atoms with Crippen LogP contribution < -0.4 is 10.2 Å². The second-order valence-electron chi connectivity index (χ2n) is 3.21. The van der Waals surface area contributed by atoms with Crippen molar-refractivity contribution in [3.05, 3.63) is 17.0 Å². The molecule has 1 aliphatic heterocycles. The van der Waals surface area contributed by atoms with Gasteiger partial charge in [0.1, 0.15) is 0 Å². The Labute approximate surface area is 97.7 Å². The van der Waals surface area contributed by atoms with E-state index in [9.17, 15) is 8.78 Å². The van der Waals surface area contributed by atoms with Crippen molar-refractivity contribution in [2.24, 2.45) is 0 Å². The van der Waals surface area contributed by atoms with Crippen LogP contribution in [0.2, 0.25) is 0 Å². The second kappa shape index (κ2) is 5.63. The van der Waals surface area contributed by atoms with Crippen molar-refractivity contribution in [1.82, 2.24) is 5.32 Å². The first kappa shape index (κ1) is 12.7. The average Bonchev–Trinajstić information content (AvgIpc) is 2.68. The molecule has 0 saturated carbocycles. The molecule has 0 aliphatic carbocycles. The molecule has 0 aromatic carbocycles. The summed E-state index contributed by atoms with van der Waals surface area (Å²) in [6, 6.07) is 3.31. The number of piperazine rings is 1. The molecule has 2 nitrogen and oxygen atoms in total. The van der Waals surface area contributed by atoms with Crippen molar-refractivity contribution in [1.29, 1.82) is 0 Å². The summed E-state index contributed by atoms with van der Waals surface area (Å²) in [6.45, 7) is 3.68. The smallest absolute Gasteiger partial charge is 0.272 e. The molecule has 0 amide bonds. The van der Waals surface area contributed by atoms with E-state index in [4.69, 9.17) is 0 Å². The third-order valence-corrected chi connectivity index (χ3v) is 3.41. The number of hydrogen-bond acceptors (Lipinski definition) is 3. The number of alkyl halides is 2. The zero-order valence-corrected chi connectivity index (χ0v) is 9.71. The zero-order valence-electron chi connectivity index (χ0n) is 8.08. The minimum Gasteiger partial charge on any atom is -0.361 e. The van der Waals surface area contributed by atoms with E-state index in [-0.39, 0.29) is 17.3 Å². The first-order valence-electron chi connectivity index (χ1n) is 4.61. The Hall–Kier alpha value is -0.390. The summed E-state index contributed by atoms with van der Waals surface area (Å²) in [4.78, 5) is 2.31. The fraction of sp³-hybridized carbons (Fsp3) is 0.556. The van der Waals surface area contributed by atoms with Gasteiger partial charge < -0.3 is 10.2 Å². The second-order valence-corrected chi connectivity index (χ2v) is 4.31. The van der Waals surface area contributed by atoms with E-state index >= 15 is 0 Å². The van der Waals surface area contributed by atoms with Gasteiger partial charge in [-0.25, -0.2) is 8.78 Å². The molecule has 1 fully saturated rings. The Morgan fingerprint density at radius 3 is 2.47 bits per heavy atom. The van der Waals surface area contributed by atoms with Crippen LogP contribution in [0.5, 0.6) is 0 Å². The van der Waals surface area contributed by atoms with Crippen molar-refractivity contribution in [3.8, 4) is 0 Å². The van der Waals surface area contributed by atoms with E-state index < -0.39 is 6.43 Å². The summed E-state index contributed by atoms with van der Waals surface area (Å²) in [6.07, 6.45) is -2.34. The Morgan fingerprint density at radius 1 is 1.27 bits per heavy atom. The van der Waals surface area contributed by atoms with Gasteiger partial charge in [-0.05, 0) is 12.1 Å². The Balaban J connectivity index is 0.00000112. The van der Waals surface area contributed by atoms with E-state index in [1.165, 1.54) is 17.4 Å². The monoisotopic (exact) mass is 254 g/mol. The lowest BCUT2D eigenvalue weighted by molar-refractivity contribution is 0.155. The van der Waals surface area contributed by atoms with Crippen LogP contribution in [0.15, 0.2) is 12.1 Å². The zero-order chi connectivity index (χ0) is 9.97. The number of nitrogens with one attached hydrogen (secondary N) is 1. The molecule has 15 heavy (non-hydrogen) atoms. The van der Waals surface area contributed by atoms with Gasteiger partial charge in [0.25, 0.3) is 6.43 Å². The highest BCUT2D eigenvalue weighted by molar-refractivity contribution is 7.16. The first-order chi connectivity index (χ1) is 6.77. The van der Waals surface area contributed by atoms with Crippen LogP contribution >= 0.6 is 23.7 Å². The molecule has 1 saturated heterocycles. The van der Waals surface area contributed by atoms with E-state index in [1.54, 1.807) is 6.07 Å². The standard InChI is InChI=1S/C9H12F2N2S.ClH/c10-9(11)7-1-2-8(14-7)13-5-3-12-4-6-13;/h1-2,9,12H,3-6H2;1H. The van der Waals surface area contributed by atoms with Crippen LogP contribution in [0.25, 0.3) is 0 Å². The molecule has 86 valence electrons. The Morgan fingerprint density at radius 2 is 1.93 bits per heavy atom. The van der Waals surface area contributed by atoms with Crippen LogP contribution in [-0.2, 0) is 0 Å². The number of halogens is 3. The van der Waals surface area contributed by atoms with Crippen molar-refractivity contribution >= 4 is 28.7 Å². The maximum atomic E-state index is 12.3. The highest BCUT2D eigenvalue weighted by Crippen LogP contribution is 2.32. The summed E-state index contributed by atoms with van der Waals surface area (Å²) in [5.74, 6) is 0. The van der Waals surface area contributed by atoms with E-state index in [0.717, 1.165) is 31.2 Å². The number of nitrogens with zero attached hydrogens (tertiary/aromatic N) is 1. The van der Waals surface area contributed by atoms with Gasteiger partial charge in [-0.1, -0.05) is 0 Å². The molecule has 0 radical (unpaired) electrons. The van der Waals surface area contributed by atoms with Crippen molar-refractivity contribution < 1.29 is 8.78 Å². The molecule has 2 heterocycles. The van der Waals surface area contributed by atoms with Crippen LogP contribution in [-0.4, -0.2) is 26.2 Å². The van der Waals surface area contributed by atoms with Gasteiger partial charge in [0.05, 0.1) is 9.88 Å².